The fourth-order valence-corrected chi connectivity index (χ4v) is 3.50. The predicted molar refractivity (Wildman–Crippen MR) is 115 cm³/mol. The van der Waals surface area contributed by atoms with Gasteiger partial charge in [-0.15, -0.1) is 0 Å². The van der Waals surface area contributed by atoms with Crippen LogP contribution in [0.1, 0.15) is 18.5 Å². The van der Waals surface area contributed by atoms with Gasteiger partial charge in [-0.05, 0) is 47.9 Å². The van der Waals surface area contributed by atoms with Crippen LogP contribution in [0.25, 0.3) is 33.1 Å². The first kappa shape index (κ1) is 17.2. The van der Waals surface area contributed by atoms with Gasteiger partial charge in [-0.1, -0.05) is 42.5 Å². The number of oxazole rings is 1. The Balaban J connectivity index is 1.55. The maximum Gasteiger partial charge on any atom is 0.292 e. The van der Waals surface area contributed by atoms with Gasteiger partial charge >= 0.3 is 0 Å². The van der Waals surface area contributed by atoms with Gasteiger partial charge in [0.15, 0.2) is 5.58 Å². The van der Waals surface area contributed by atoms with Crippen molar-refractivity contribution in [2.75, 3.05) is 11.1 Å². The summed E-state index contributed by atoms with van der Waals surface area (Å²) < 4.78 is 5.47. The lowest BCUT2D eigenvalue weighted by Crippen LogP contribution is -2.08. The SMILES string of the molecule is CC(Nc1ncnc2ccc(-c3ccc4nc(N)oc4c3)cc12)c1ccccc1. The van der Waals surface area contributed by atoms with Crippen LogP contribution >= 0.6 is 0 Å². The van der Waals surface area contributed by atoms with Gasteiger partial charge in [0.1, 0.15) is 17.7 Å². The van der Waals surface area contributed by atoms with Crippen molar-refractivity contribution in [2.45, 2.75) is 13.0 Å². The average molecular weight is 381 g/mol. The van der Waals surface area contributed by atoms with E-state index in [2.05, 4.69) is 45.4 Å². The third kappa shape index (κ3) is 3.25. The van der Waals surface area contributed by atoms with Crippen molar-refractivity contribution in [2.24, 2.45) is 0 Å². The predicted octanol–water partition coefficient (Wildman–Crippen LogP) is 5.19. The summed E-state index contributed by atoms with van der Waals surface area (Å²) in [6.45, 7) is 2.12. The summed E-state index contributed by atoms with van der Waals surface area (Å²) in [5.41, 5.74) is 11.2. The summed E-state index contributed by atoms with van der Waals surface area (Å²) in [4.78, 5) is 13.1. The monoisotopic (exact) mass is 381 g/mol. The maximum absolute atomic E-state index is 5.67. The number of nitrogen functional groups attached to an aromatic ring is 1. The highest BCUT2D eigenvalue weighted by molar-refractivity contribution is 5.93. The lowest BCUT2D eigenvalue weighted by molar-refractivity contribution is 0.626. The Kier molecular flexibility index (Phi) is 4.09. The standard InChI is InChI=1S/C23H19N5O/c1-14(15-5-3-2-4-6-15)27-22-18-11-16(7-9-19(18)25-13-26-22)17-8-10-20-21(12-17)29-23(24)28-20/h2-14H,1H3,(H2,24,28)(H,25,26,27). The molecule has 0 fully saturated rings. The number of hydrogen-bond acceptors (Lipinski definition) is 6. The number of aromatic nitrogens is 3. The van der Waals surface area contributed by atoms with E-state index >= 15 is 0 Å². The van der Waals surface area contributed by atoms with Gasteiger partial charge in [0, 0.05) is 11.4 Å². The first-order valence-electron chi connectivity index (χ1n) is 9.40. The molecule has 0 aliphatic carbocycles. The van der Waals surface area contributed by atoms with Crippen LogP contribution in [-0.2, 0) is 0 Å². The van der Waals surface area contributed by atoms with E-state index < -0.39 is 0 Å². The summed E-state index contributed by atoms with van der Waals surface area (Å²) in [6.07, 6.45) is 1.59. The number of fused-ring (bicyclic) bond motifs is 2. The highest BCUT2D eigenvalue weighted by Crippen LogP contribution is 2.30. The van der Waals surface area contributed by atoms with Gasteiger partial charge in [0.25, 0.3) is 6.01 Å². The molecular formula is C23H19N5O. The molecule has 0 radical (unpaired) electrons. The molecule has 2 heterocycles. The second kappa shape index (κ2) is 6.91. The molecule has 0 amide bonds. The second-order valence-corrected chi connectivity index (χ2v) is 6.97. The Morgan fingerprint density at radius 1 is 0.897 bits per heavy atom. The van der Waals surface area contributed by atoms with Crippen molar-refractivity contribution in [1.82, 2.24) is 15.0 Å². The van der Waals surface area contributed by atoms with Crippen LogP contribution in [0.3, 0.4) is 0 Å². The molecule has 2 aromatic heterocycles. The van der Waals surface area contributed by atoms with Crippen molar-refractivity contribution in [3.8, 4) is 11.1 Å². The van der Waals surface area contributed by atoms with Crippen LogP contribution in [0.5, 0.6) is 0 Å². The number of nitrogens with zero attached hydrogens (tertiary/aromatic N) is 3. The zero-order valence-electron chi connectivity index (χ0n) is 15.8. The molecule has 0 bridgehead atoms. The second-order valence-electron chi connectivity index (χ2n) is 6.97. The molecule has 142 valence electrons. The van der Waals surface area contributed by atoms with E-state index in [9.17, 15) is 0 Å². The van der Waals surface area contributed by atoms with E-state index in [1.54, 1.807) is 6.33 Å². The molecule has 0 aliphatic rings. The van der Waals surface area contributed by atoms with Crippen molar-refractivity contribution in [3.63, 3.8) is 0 Å². The van der Waals surface area contributed by atoms with Crippen LogP contribution in [0.4, 0.5) is 11.8 Å². The lowest BCUT2D eigenvalue weighted by Gasteiger charge is -2.16. The minimum Gasteiger partial charge on any atom is -0.424 e. The largest absolute Gasteiger partial charge is 0.424 e. The maximum atomic E-state index is 5.67. The van der Waals surface area contributed by atoms with Crippen molar-refractivity contribution in [3.05, 3.63) is 78.6 Å². The van der Waals surface area contributed by atoms with Crippen molar-refractivity contribution >= 4 is 33.8 Å². The molecule has 1 unspecified atom stereocenters. The first-order chi connectivity index (χ1) is 14.2. The fraction of sp³-hybridized carbons (Fsp3) is 0.0870. The summed E-state index contributed by atoms with van der Waals surface area (Å²) in [6, 6.07) is 22.6. The number of rotatable bonds is 4. The molecule has 0 saturated carbocycles. The summed E-state index contributed by atoms with van der Waals surface area (Å²) >= 11 is 0. The fourth-order valence-electron chi connectivity index (χ4n) is 3.50. The van der Waals surface area contributed by atoms with Crippen molar-refractivity contribution < 1.29 is 4.42 Å². The molecule has 6 heteroatoms. The van der Waals surface area contributed by atoms with E-state index in [4.69, 9.17) is 10.2 Å². The molecule has 29 heavy (non-hydrogen) atoms. The van der Waals surface area contributed by atoms with Crippen molar-refractivity contribution in [1.29, 1.82) is 0 Å². The Labute approximate surface area is 167 Å². The minimum absolute atomic E-state index is 0.117. The zero-order valence-corrected chi connectivity index (χ0v) is 15.8. The summed E-state index contributed by atoms with van der Waals surface area (Å²) in [5, 5.41) is 4.48. The molecular weight excluding hydrogens is 362 g/mol. The Bertz CT molecular complexity index is 1310. The average Bonchev–Trinajstić information content (AvgIpc) is 3.13. The van der Waals surface area contributed by atoms with Crippen LogP contribution in [-0.4, -0.2) is 15.0 Å². The van der Waals surface area contributed by atoms with Crippen LogP contribution < -0.4 is 11.1 Å². The molecule has 6 nitrogen and oxygen atoms in total. The topological polar surface area (TPSA) is 89.9 Å². The number of anilines is 2. The minimum atomic E-state index is 0.117. The molecule has 5 rings (SSSR count). The summed E-state index contributed by atoms with van der Waals surface area (Å²) in [7, 11) is 0. The third-order valence-corrected chi connectivity index (χ3v) is 5.03. The number of benzene rings is 3. The summed E-state index contributed by atoms with van der Waals surface area (Å²) in [5.74, 6) is 0.804. The van der Waals surface area contributed by atoms with Gasteiger partial charge in [0.05, 0.1) is 5.52 Å². The van der Waals surface area contributed by atoms with Gasteiger partial charge < -0.3 is 15.5 Å². The Morgan fingerprint density at radius 3 is 2.48 bits per heavy atom. The molecule has 0 spiro atoms. The highest BCUT2D eigenvalue weighted by Gasteiger charge is 2.11. The number of hydrogen-bond donors (Lipinski definition) is 2. The number of nitrogens with two attached hydrogens (primary N) is 1. The van der Waals surface area contributed by atoms with E-state index in [1.165, 1.54) is 5.56 Å². The van der Waals surface area contributed by atoms with Crippen LogP contribution in [0.2, 0.25) is 0 Å². The van der Waals surface area contributed by atoms with Gasteiger partial charge in [-0.25, -0.2) is 9.97 Å². The molecule has 0 aliphatic heterocycles. The van der Waals surface area contributed by atoms with Crippen LogP contribution in [0, 0.1) is 0 Å². The highest BCUT2D eigenvalue weighted by atomic mass is 16.4. The molecule has 1 atom stereocenters. The molecule has 3 aromatic carbocycles. The van der Waals surface area contributed by atoms with Gasteiger partial charge in [0.2, 0.25) is 0 Å². The molecule has 3 N–H and O–H groups in total. The molecule has 0 saturated heterocycles. The van der Waals surface area contributed by atoms with Gasteiger partial charge in [-0.3, -0.25) is 0 Å². The van der Waals surface area contributed by atoms with E-state index in [-0.39, 0.29) is 12.1 Å². The number of nitrogens with one attached hydrogen (secondary N) is 1. The smallest absolute Gasteiger partial charge is 0.292 e. The first-order valence-corrected chi connectivity index (χ1v) is 9.40. The quantitative estimate of drug-likeness (QED) is 0.445. The third-order valence-electron chi connectivity index (χ3n) is 5.03. The van der Waals surface area contributed by atoms with Crippen LogP contribution in [0.15, 0.2) is 77.5 Å². The normalized spacial score (nSPS) is 12.3. The molecule has 5 aromatic rings. The van der Waals surface area contributed by atoms with E-state index in [0.29, 0.717) is 5.58 Å². The van der Waals surface area contributed by atoms with Gasteiger partial charge in [-0.2, -0.15) is 4.98 Å². The van der Waals surface area contributed by atoms with E-state index in [1.807, 2.05) is 48.5 Å². The zero-order chi connectivity index (χ0) is 19.8. The lowest BCUT2D eigenvalue weighted by atomic mass is 10.0. The van der Waals surface area contributed by atoms with E-state index in [0.717, 1.165) is 33.4 Å². The Hall–Kier alpha value is -3.93. The Morgan fingerprint density at radius 2 is 1.66 bits per heavy atom.